The van der Waals surface area contributed by atoms with E-state index in [0.717, 1.165) is 12.8 Å². The third-order valence-electron chi connectivity index (χ3n) is 3.80. The van der Waals surface area contributed by atoms with Crippen molar-refractivity contribution < 1.29 is 8.42 Å². The Kier molecular flexibility index (Phi) is 3.69. The lowest BCUT2D eigenvalue weighted by molar-refractivity contribution is 0.555. The summed E-state index contributed by atoms with van der Waals surface area (Å²) in [6.07, 6.45) is 1.50. The number of nitrogens with one attached hydrogen (secondary N) is 1. The SMILES string of the molecule is Nc1ccccc1CS(=O)(=O)NC1Cc2ccccc2C1. The summed E-state index contributed by atoms with van der Waals surface area (Å²) >= 11 is 0. The quantitative estimate of drug-likeness (QED) is 0.847. The molecule has 0 saturated heterocycles. The van der Waals surface area contributed by atoms with Gasteiger partial charge in [0.1, 0.15) is 0 Å². The predicted molar refractivity (Wildman–Crippen MR) is 84.3 cm³/mol. The standard InChI is InChI=1S/C16H18N2O2S/c17-16-8-4-3-7-14(16)11-21(19,20)18-15-9-12-5-1-2-6-13(12)10-15/h1-8,15,18H,9-11,17H2. The lowest BCUT2D eigenvalue weighted by atomic mass is 10.1. The van der Waals surface area contributed by atoms with Gasteiger partial charge in [-0.15, -0.1) is 0 Å². The van der Waals surface area contributed by atoms with E-state index in [1.807, 2.05) is 12.1 Å². The summed E-state index contributed by atoms with van der Waals surface area (Å²) in [6.45, 7) is 0. The predicted octanol–water partition coefficient (Wildman–Crippen LogP) is 1.86. The van der Waals surface area contributed by atoms with Gasteiger partial charge in [0.05, 0.1) is 5.75 Å². The highest BCUT2D eigenvalue weighted by molar-refractivity contribution is 7.88. The van der Waals surface area contributed by atoms with E-state index in [1.54, 1.807) is 24.3 Å². The molecule has 0 spiro atoms. The van der Waals surface area contributed by atoms with Gasteiger partial charge < -0.3 is 5.73 Å². The first kappa shape index (κ1) is 14.1. The van der Waals surface area contributed by atoms with Crippen LogP contribution >= 0.6 is 0 Å². The van der Waals surface area contributed by atoms with Crippen molar-refractivity contribution in [3.8, 4) is 0 Å². The van der Waals surface area contributed by atoms with E-state index >= 15 is 0 Å². The van der Waals surface area contributed by atoms with Gasteiger partial charge in [-0.25, -0.2) is 13.1 Å². The molecule has 0 amide bonds. The van der Waals surface area contributed by atoms with Crippen LogP contribution < -0.4 is 10.5 Å². The van der Waals surface area contributed by atoms with Gasteiger partial charge in [0.25, 0.3) is 0 Å². The van der Waals surface area contributed by atoms with Crippen molar-refractivity contribution in [3.05, 3.63) is 65.2 Å². The number of anilines is 1. The molecule has 0 aromatic heterocycles. The zero-order valence-electron chi connectivity index (χ0n) is 11.6. The van der Waals surface area contributed by atoms with Crippen LogP contribution in [-0.2, 0) is 28.6 Å². The van der Waals surface area contributed by atoms with Gasteiger partial charge in [-0.2, -0.15) is 0 Å². The number of benzene rings is 2. The van der Waals surface area contributed by atoms with Crippen LogP contribution in [0.5, 0.6) is 0 Å². The first-order chi connectivity index (χ1) is 10.0. The molecule has 0 radical (unpaired) electrons. The number of fused-ring (bicyclic) bond motifs is 1. The highest BCUT2D eigenvalue weighted by Crippen LogP contribution is 2.23. The molecule has 0 unspecified atom stereocenters. The van der Waals surface area contributed by atoms with Crippen molar-refractivity contribution in [2.75, 3.05) is 5.73 Å². The highest BCUT2D eigenvalue weighted by atomic mass is 32.2. The number of rotatable bonds is 4. The molecule has 0 bridgehead atoms. The van der Waals surface area contributed by atoms with Crippen molar-refractivity contribution in [2.24, 2.45) is 0 Å². The molecule has 0 saturated carbocycles. The zero-order chi connectivity index (χ0) is 14.9. The topological polar surface area (TPSA) is 72.2 Å². The van der Waals surface area contributed by atoms with Crippen molar-refractivity contribution in [2.45, 2.75) is 24.6 Å². The van der Waals surface area contributed by atoms with Crippen LogP contribution in [0, 0.1) is 0 Å². The average molecular weight is 302 g/mol. The summed E-state index contributed by atoms with van der Waals surface area (Å²) in [5.74, 6) is -0.0769. The molecule has 0 aliphatic heterocycles. The molecule has 3 N–H and O–H groups in total. The van der Waals surface area contributed by atoms with Gasteiger partial charge in [0.2, 0.25) is 10.0 Å². The highest BCUT2D eigenvalue weighted by Gasteiger charge is 2.25. The van der Waals surface area contributed by atoms with Crippen molar-refractivity contribution in [1.29, 1.82) is 0 Å². The Balaban J connectivity index is 1.70. The second kappa shape index (κ2) is 5.50. The van der Waals surface area contributed by atoms with Crippen LogP contribution in [0.3, 0.4) is 0 Å². The molecule has 0 heterocycles. The molecular formula is C16H18N2O2S. The maximum Gasteiger partial charge on any atom is 0.216 e. The molecule has 2 aromatic rings. The fraction of sp³-hybridized carbons (Fsp3) is 0.250. The largest absolute Gasteiger partial charge is 0.398 e. The van der Waals surface area contributed by atoms with Crippen LogP contribution in [0.2, 0.25) is 0 Å². The Hall–Kier alpha value is -1.85. The van der Waals surface area contributed by atoms with Gasteiger partial charge >= 0.3 is 0 Å². The third kappa shape index (κ3) is 3.25. The smallest absolute Gasteiger partial charge is 0.216 e. The Morgan fingerprint density at radius 2 is 1.57 bits per heavy atom. The number of nitrogens with two attached hydrogens (primary N) is 1. The van der Waals surface area contributed by atoms with Gasteiger partial charge in [-0.1, -0.05) is 42.5 Å². The van der Waals surface area contributed by atoms with E-state index < -0.39 is 10.0 Å². The Morgan fingerprint density at radius 3 is 2.19 bits per heavy atom. The zero-order valence-corrected chi connectivity index (χ0v) is 12.4. The lowest BCUT2D eigenvalue weighted by Crippen LogP contribution is -2.36. The van der Waals surface area contributed by atoms with Crippen molar-refractivity contribution in [3.63, 3.8) is 0 Å². The monoisotopic (exact) mass is 302 g/mol. The molecular weight excluding hydrogens is 284 g/mol. The second-order valence-electron chi connectivity index (χ2n) is 5.45. The maximum atomic E-state index is 12.3. The average Bonchev–Trinajstić information content (AvgIpc) is 2.82. The number of sulfonamides is 1. The fourth-order valence-electron chi connectivity index (χ4n) is 2.81. The second-order valence-corrected chi connectivity index (χ2v) is 7.20. The van der Waals surface area contributed by atoms with Gasteiger partial charge in [0, 0.05) is 11.7 Å². The number of hydrogen-bond acceptors (Lipinski definition) is 3. The summed E-state index contributed by atoms with van der Waals surface area (Å²) < 4.78 is 27.4. The first-order valence-corrected chi connectivity index (χ1v) is 8.59. The molecule has 1 aliphatic carbocycles. The maximum absolute atomic E-state index is 12.3. The minimum Gasteiger partial charge on any atom is -0.398 e. The number of para-hydroxylation sites is 1. The van der Waals surface area contributed by atoms with Crippen LogP contribution in [0.15, 0.2) is 48.5 Å². The van der Waals surface area contributed by atoms with E-state index in [-0.39, 0.29) is 11.8 Å². The normalized spacial score (nSPS) is 15.0. The van der Waals surface area contributed by atoms with Crippen molar-refractivity contribution >= 4 is 15.7 Å². The molecule has 2 aromatic carbocycles. The summed E-state index contributed by atoms with van der Waals surface area (Å²) in [5.41, 5.74) is 9.42. The van der Waals surface area contributed by atoms with E-state index in [4.69, 9.17) is 5.73 Å². The lowest BCUT2D eigenvalue weighted by Gasteiger charge is -2.13. The van der Waals surface area contributed by atoms with E-state index in [9.17, 15) is 8.42 Å². The molecule has 21 heavy (non-hydrogen) atoms. The van der Waals surface area contributed by atoms with E-state index in [0.29, 0.717) is 11.3 Å². The first-order valence-electron chi connectivity index (χ1n) is 6.94. The van der Waals surface area contributed by atoms with Gasteiger partial charge in [-0.3, -0.25) is 0 Å². The van der Waals surface area contributed by atoms with Crippen LogP contribution in [0.4, 0.5) is 5.69 Å². The number of nitrogen functional groups attached to an aromatic ring is 1. The molecule has 0 fully saturated rings. The Morgan fingerprint density at radius 1 is 1.00 bits per heavy atom. The molecule has 0 atom stereocenters. The Bertz CT molecular complexity index is 731. The van der Waals surface area contributed by atoms with Crippen LogP contribution in [0.1, 0.15) is 16.7 Å². The summed E-state index contributed by atoms with van der Waals surface area (Å²) in [6, 6.07) is 15.1. The third-order valence-corrected chi connectivity index (χ3v) is 5.18. The molecule has 110 valence electrons. The van der Waals surface area contributed by atoms with E-state index in [1.165, 1.54) is 11.1 Å². The Labute approximate surface area is 125 Å². The van der Waals surface area contributed by atoms with Crippen molar-refractivity contribution in [1.82, 2.24) is 4.72 Å². The minimum absolute atomic E-state index is 0.0580. The van der Waals surface area contributed by atoms with Crippen LogP contribution in [0.25, 0.3) is 0 Å². The van der Waals surface area contributed by atoms with Crippen LogP contribution in [-0.4, -0.2) is 14.5 Å². The summed E-state index contributed by atoms with van der Waals surface area (Å²) in [7, 11) is -3.39. The molecule has 5 heteroatoms. The summed E-state index contributed by atoms with van der Waals surface area (Å²) in [5, 5.41) is 0. The molecule has 3 rings (SSSR count). The van der Waals surface area contributed by atoms with E-state index in [2.05, 4.69) is 16.9 Å². The number of hydrogen-bond donors (Lipinski definition) is 2. The molecule has 4 nitrogen and oxygen atoms in total. The molecule has 1 aliphatic rings. The van der Waals surface area contributed by atoms with Gasteiger partial charge in [0.15, 0.2) is 0 Å². The summed E-state index contributed by atoms with van der Waals surface area (Å²) in [4.78, 5) is 0. The minimum atomic E-state index is -3.39. The fourth-order valence-corrected chi connectivity index (χ4v) is 4.24. The van der Waals surface area contributed by atoms with Gasteiger partial charge in [-0.05, 0) is 35.6 Å².